The lowest BCUT2D eigenvalue weighted by molar-refractivity contribution is 0.585. The number of nitrogens with one attached hydrogen (secondary N) is 5. The molecule has 0 saturated carbocycles. The number of aromatic nitrogens is 14. The van der Waals surface area contributed by atoms with Crippen LogP contribution in [-0.4, -0.2) is 130 Å². The molecule has 0 radical (unpaired) electrons. The Labute approximate surface area is 690 Å². The number of halogens is 4. The van der Waals surface area contributed by atoms with Crippen LogP contribution < -0.4 is 41.5 Å². The van der Waals surface area contributed by atoms with E-state index in [4.69, 9.17) is 15.1 Å². The second kappa shape index (κ2) is 37.2. The largest absolute Gasteiger partial charge is 0.369 e. The summed E-state index contributed by atoms with van der Waals surface area (Å²) in [6.45, 7) is 14.8. The molecule has 0 unspecified atom stereocenters. The molecule has 29 heteroatoms. The van der Waals surface area contributed by atoms with Crippen LogP contribution in [0.5, 0.6) is 0 Å². The van der Waals surface area contributed by atoms with Gasteiger partial charge in [0.2, 0.25) is 27.9 Å². The molecule has 0 aliphatic carbocycles. The number of sulfonamides is 1. The molecule has 10 aromatic heterocycles. The summed E-state index contributed by atoms with van der Waals surface area (Å²) >= 11 is 0. The van der Waals surface area contributed by atoms with Gasteiger partial charge in [0.1, 0.15) is 29.1 Å². The molecule has 2 aliphatic rings. The monoisotopic (exact) mass is 1620 g/mol. The summed E-state index contributed by atoms with van der Waals surface area (Å²) in [5, 5.41) is 25.6. The Kier molecular flexibility index (Phi) is 25.0. The fraction of sp³-hybridized carbons (Fsp3) is 0.132. The van der Waals surface area contributed by atoms with E-state index in [0.717, 1.165) is 154 Å². The van der Waals surface area contributed by atoms with Gasteiger partial charge in [0, 0.05) is 170 Å². The summed E-state index contributed by atoms with van der Waals surface area (Å²) in [6, 6.07) is 62.6. The average molecular weight is 1620 g/mol. The molecule has 600 valence electrons. The van der Waals surface area contributed by atoms with Crippen molar-refractivity contribution in [3.05, 3.63) is 320 Å². The quantitative estimate of drug-likeness (QED) is 0.0462. The van der Waals surface area contributed by atoms with Gasteiger partial charge in [-0.1, -0.05) is 6.07 Å². The lowest BCUT2D eigenvalue weighted by Crippen LogP contribution is -2.43. The van der Waals surface area contributed by atoms with Gasteiger partial charge < -0.3 is 36.4 Å². The van der Waals surface area contributed by atoms with Crippen molar-refractivity contribution >= 4 is 62.1 Å². The Morgan fingerprint density at radius 3 is 1.18 bits per heavy atom. The summed E-state index contributed by atoms with van der Waals surface area (Å²) in [4.78, 5) is 58.8. The number of nitrogens with two attached hydrogens (primary N) is 1. The van der Waals surface area contributed by atoms with Crippen LogP contribution in [0.1, 0.15) is 22.3 Å². The Morgan fingerprint density at radius 2 is 0.767 bits per heavy atom. The van der Waals surface area contributed by atoms with E-state index in [1.54, 1.807) is 155 Å². The molecule has 18 rings (SSSR count). The third-order valence-corrected chi connectivity index (χ3v) is 20.7. The van der Waals surface area contributed by atoms with Crippen LogP contribution in [0.3, 0.4) is 0 Å². The first-order valence-corrected chi connectivity index (χ1v) is 40.0. The number of pyridine rings is 5. The Balaban J connectivity index is 0.000000126. The lowest BCUT2D eigenvalue weighted by Gasteiger charge is -2.29. The molecule has 7 N–H and O–H groups in total. The van der Waals surface area contributed by atoms with Crippen molar-refractivity contribution in [2.24, 2.45) is 5.14 Å². The minimum atomic E-state index is -3.83. The number of primary sulfonamides is 1. The standard InChI is InChI=1S/C26H25FN6.C25H24FN7.C22H18FN5O2S.C18H13FN4/c1-18-17-19(4-9-23(18)27)25-22(3-2-11-29-25)24-10-12-30-26(32-24)31-20-5-7-21(8-6-20)33-15-13-28-14-16-33;1-17-15-18(4-6-21(17)26)24-20(3-2-9-28-24)22-8-10-29-25(32-22)31-19-5-7-23(30-16-19)33-13-11-27-12-14-33;1-14-12-15(7-8-19(14)23)21-18(6-3-10-25-21)20-9-11-26-22(28-20)27-16-4-2-5-17(13-16)31(24,29)30;1-12-11-13(4-5-15(12)19)18-14(3-2-8-20-18)16-7-10-23-17(22-16)6-9-21-23/h2-12,17,28H,13-16H2,1H3,(H,30,31,32);2-10,15-16,27H,11-14H2,1H3,(H,29,31,32);2-13H,1H3,(H2,24,29,30)(H,26,27,28);2-11H,1H3. The Bertz CT molecular complexity index is 6240. The number of rotatable bonds is 17. The zero-order valence-corrected chi connectivity index (χ0v) is 66.4. The molecule has 0 atom stereocenters. The maximum Gasteiger partial charge on any atom is 0.238 e. The van der Waals surface area contributed by atoms with Crippen molar-refractivity contribution < 1.29 is 26.0 Å². The van der Waals surface area contributed by atoms with Crippen LogP contribution in [0, 0.1) is 51.0 Å². The van der Waals surface area contributed by atoms with Gasteiger partial charge in [-0.05, 0) is 250 Å². The van der Waals surface area contributed by atoms with Gasteiger partial charge in [-0.25, -0.2) is 75.5 Å². The number of anilines is 8. The second-order valence-electron chi connectivity index (χ2n) is 28.1. The highest BCUT2D eigenvalue weighted by molar-refractivity contribution is 7.89. The normalized spacial score (nSPS) is 12.6. The van der Waals surface area contributed by atoms with Gasteiger partial charge in [0.05, 0.1) is 68.5 Å². The molecule has 0 spiro atoms. The fourth-order valence-corrected chi connectivity index (χ4v) is 14.1. The van der Waals surface area contributed by atoms with E-state index in [9.17, 15) is 26.0 Å². The van der Waals surface area contributed by atoms with E-state index in [2.05, 4.69) is 103 Å². The number of aryl methyl sites for hydroxylation is 4. The minimum Gasteiger partial charge on any atom is -0.369 e. The van der Waals surface area contributed by atoms with Crippen LogP contribution in [-0.2, 0) is 10.0 Å². The number of piperazine rings is 2. The first-order valence-electron chi connectivity index (χ1n) is 38.5. The van der Waals surface area contributed by atoms with Gasteiger partial charge in [0.15, 0.2) is 5.65 Å². The zero-order chi connectivity index (χ0) is 83.1. The molecular weight excluding hydrogens is 1540 g/mol. The van der Waals surface area contributed by atoms with E-state index >= 15 is 0 Å². The van der Waals surface area contributed by atoms with Crippen molar-refractivity contribution in [2.45, 2.75) is 32.6 Å². The van der Waals surface area contributed by atoms with Crippen LogP contribution in [0.4, 0.5) is 64.0 Å². The van der Waals surface area contributed by atoms with Gasteiger partial charge in [0.25, 0.3) is 0 Å². The molecule has 2 aliphatic heterocycles. The van der Waals surface area contributed by atoms with Crippen LogP contribution in [0.25, 0.3) is 95.7 Å². The SMILES string of the molecule is Cc1cc(-c2ncccc2-c2ccn3nccc3n2)ccc1F.Cc1cc(-c2ncccc2-c2ccnc(Nc3ccc(N4CCNCC4)cc3)n2)ccc1F.Cc1cc(-c2ncccc2-c2ccnc(Nc3ccc(N4CCNCC4)nc3)n2)ccc1F.Cc1cc(-c2ncccc2-c2ccnc(Nc3cccc(S(N)(=O)=O)c3)n2)ccc1F. The van der Waals surface area contributed by atoms with E-state index in [1.165, 1.54) is 42.1 Å². The van der Waals surface area contributed by atoms with Crippen LogP contribution >= 0.6 is 0 Å². The van der Waals surface area contributed by atoms with Crippen molar-refractivity contribution in [1.82, 2.24) is 80.1 Å². The predicted octanol–water partition coefficient (Wildman–Crippen LogP) is 17.0. The van der Waals surface area contributed by atoms with E-state index < -0.39 is 10.0 Å². The van der Waals surface area contributed by atoms with Crippen molar-refractivity contribution in [3.8, 4) is 90.1 Å². The molecule has 16 aromatic rings. The summed E-state index contributed by atoms with van der Waals surface area (Å²) in [5.41, 5.74) is 19.0. The number of hydrogen-bond donors (Lipinski definition) is 6. The molecular formula is C91H80F4N22O2S. The van der Waals surface area contributed by atoms with Gasteiger partial charge in [-0.2, -0.15) is 5.10 Å². The fourth-order valence-electron chi connectivity index (χ4n) is 13.6. The van der Waals surface area contributed by atoms with Crippen molar-refractivity contribution in [2.75, 3.05) is 78.1 Å². The molecule has 12 heterocycles. The third-order valence-electron chi connectivity index (χ3n) is 19.8. The van der Waals surface area contributed by atoms with Gasteiger partial charge in [-0.3, -0.25) is 19.9 Å². The predicted molar refractivity (Wildman–Crippen MR) is 461 cm³/mol. The smallest absolute Gasteiger partial charge is 0.238 e. The highest BCUT2D eigenvalue weighted by atomic mass is 32.2. The first kappa shape index (κ1) is 80.7. The maximum absolute atomic E-state index is 13.8. The molecule has 2 saturated heterocycles. The summed E-state index contributed by atoms with van der Waals surface area (Å²) < 4.78 is 79.7. The zero-order valence-electron chi connectivity index (χ0n) is 65.6. The number of fused-ring (bicyclic) bond motifs is 1. The highest BCUT2D eigenvalue weighted by Crippen LogP contribution is 2.36. The molecule has 24 nitrogen and oxygen atoms in total. The maximum atomic E-state index is 13.8. The molecule has 0 amide bonds. The van der Waals surface area contributed by atoms with Crippen molar-refractivity contribution in [3.63, 3.8) is 0 Å². The average Bonchev–Trinajstić information content (AvgIpc) is 1.20. The summed E-state index contributed by atoms with van der Waals surface area (Å²) in [7, 11) is -3.83. The van der Waals surface area contributed by atoms with E-state index in [0.29, 0.717) is 51.2 Å². The van der Waals surface area contributed by atoms with Crippen molar-refractivity contribution in [1.29, 1.82) is 0 Å². The molecule has 6 aromatic carbocycles. The highest BCUT2D eigenvalue weighted by Gasteiger charge is 2.20. The second-order valence-corrected chi connectivity index (χ2v) is 29.6. The van der Waals surface area contributed by atoms with E-state index in [1.807, 2.05) is 103 Å². The lowest BCUT2D eigenvalue weighted by atomic mass is 10.0. The summed E-state index contributed by atoms with van der Waals surface area (Å²) in [5.74, 6) is 1.25. The minimum absolute atomic E-state index is 0.0186. The summed E-state index contributed by atoms with van der Waals surface area (Å²) in [6.07, 6.45) is 17.2. The first-order chi connectivity index (χ1) is 58.4. The third kappa shape index (κ3) is 19.8. The van der Waals surface area contributed by atoms with Gasteiger partial charge >= 0.3 is 0 Å². The molecule has 2 fully saturated rings. The topological polar surface area (TPSA) is 299 Å². The molecule has 120 heavy (non-hydrogen) atoms. The van der Waals surface area contributed by atoms with Crippen LogP contribution in [0.15, 0.2) is 279 Å². The number of benzene rings is 6. The molecule has 0 bridgehead atoms. The van der Waals surface area contributed by atoms with Gasteiger partial charge in [-0.15, -0.1) is 0 Å². The number of hydrogen-bond acceptors (Lipinski definition) is 22. The van der Waals surface area contributed by atoms with E-state index in [-0.39, 0.29) is 34.1 Å². The van der Waals surface area contributed by atoms with Crippen LogP contribution in [0.2, 0.25) is 0 Å². The number of nitrogens with zero attached hydrogens (tertiary/aromatic N) is 16. The Hall–Kier alpha value is -14.5. The Morgan fingerprint density at radius 1 is 0.367 bits per heavy atom.